The maximum Gasteiger partial charge on any atom is 0.402 e. The van der Waals surface area contributed by atoms with Crippen molar-refractivity contribution >= 4 is 21.6 Å². The Kier molecular flexibility index (Phi) is 5.51. The van der Waals surface area contributed by atoms with E-state index in [4.69, 9.17) is 5.73 Å². The molecule has 0 heterocycles. The highest BCUT2D eigenvalue weighted by Gasteiger charge is 2.43. The van der Waals surface area contributed by atoms with E-state index < -0.39 is 27.3 Å². The number of alkyl halides is 3. The van der Waals surface area contributed by atoms with Gasteiger partial charge >= 0.3 is 6.18 Å². The van der Waals surface area contributed by atoms with Gasteiger partial charge in [-0.05, 0) is 30.7 Å². The summed E-state index contributed by atoms with van der Waals surface area (Å²) < 4.78 is 61.3. The molecule has 0 aliphatic rings. The minimum Gasteiger partial charge on any atom is -0.326 e. The van der Waals surface area contributed by atoms with Gasteiger partial charge in [0.25, 0.3) is 0 Å². The zero-order valence-electron chi connectivity index (χ0n) is 11.0. The molecular weight excluding hydrogens is 311 g/mol. The van der Waals surface area contributed by atoms with Crippen molar-refractivity contribution in [3.05, 3.63) is 24.3 Å². The molecule has 0 amide bonds. The largest absolute Gasteiger partial charge is 0.402 e. The van der Waals surface area contributed by atoms with Crippen LogP contribution in [0.5, 0.6) is 0 Å². The van der Waals surface area contributed by atoms with Crippen LogP contribution in [0, 0.1) is 0 Å². The topological polar surface area (TPSA) is 60.2 Å². The van der Waals surface area contributed by atoms with E-state index in [0.29, 0.717) is 16.7 Å². The second-order valence-electron chi connectivity index (χ2n) is 4.40. The second kappa shape index (κ2) is 6.36. The van der Waals surface area contributed by atoms with E-state index >= 15 is 0 Å². The molecule has 20 heavy (non-hydrogen) atoms. The first-order valence-electron chi connectivity index (χ1n) is 5.84. The highest BCUT2D eigenvalue weighted by molar-refractivity contribution is 8.00. The third kappa shape index (κ3) is 4.68. The molecule has 1 aromatic carbocycles. The second-order valence-corrected chi connectivity index (χ2v) is 7.63. The fourth-order valence-corrected chi connectivity index (χ4v) is 3.24. The Morgan fingerprint density at radius 3 is 2.10 bits per heavy atom. The number of hydrogen-bond acceptors (Lipinski definition) is 4. The van der Waals surface area contributed by atoms with Gasteiger partial charge in [0.2, 0.25) is 0 Å². The molecule has 2 unspecified atom stereocenters. The van der Waals surface area contributed by atoms with Gasteiger partial charge in [-0.1, -0.05) is 6.92 Å². The van der Waals surface area contributed by atoms with E-state index in [0.717, 1.165) is 6.26 Å². The molecule has 114 valence electrons. The summed E-state index contributed by atoms with van der Waals surface area (Å²) in [6.07, 6.45) is -3.16. The lowest BCUT2D eigenvalue weighted by molar-refractivity contribution is -0.132. The summed E-state index contributed by atoms with van der Waals surface area (Å²) in [6, 6.07) is 4.31. The zero-order valence-corrected chi connectivity index (χ0v) is 12.6. The molecule has 8 heteroatoms. The fourth-order valence-electron chi connectivity index (χ4n) is 1.52. The normalized spacial score (nSPS) is 15.9. The Morgan fingerprint density at radius 2 is 1.75 bits per heavy atom. The lowest BCUT2D eigenvalue weighted by Crippen LogP contribution is -2.42. The van der Waals surface area contributed by atoms with Gasteiger partial charge in [-0.3, -0.25) is 0 Å². The van der Waals surface area contributed by atoms with Gasteiger partial charge in [-0.2, -0.15) is 13.2 Å². The molecule has 0 bridgehead atoms. The number of thioether (sulfide) groups is 1. The number of nitrogens with two attached hydrogens (primary N) is 1. The summed E-state index contributed by atoms with van der Waals surface area (Å²) in [7, 11) is -3.35. The van der Waals surface area contributed by atoms with Crippen molar-refractivity contribution in [2.24, 2.45) is 5.73 Å². The van der Waals surface area contributed by atoms with Crippen LogP contribution in [-0.4, -0.2) is 32.1 Å². The molecule has 0 saturated heterocycles. The third-order valence-electron chi connectivity index (χ3n) is 2.70. The minimum atomic E-state index is -4.41. The Labute approximate surface area is 120 Å². The van der Waals surface area contributed by atoms with Crippen LogP contribution < -0.4 is 5.73 Å². The van der Waals surface area contributed by atoms with E-state index in [1.165, 1.54) is 24.3 Å². The van der Waals surface area contributed by atoms with Gasteiger partial charge in [0.05, 0.1) is 4.90 Å². The quantitative estimate of drug-likeness (QED) is 0.845. The molecule has 0 aliphatic heterocycles. The van der Waals surface area contributed by atoms with Gasteiger partial charge in [-0.15, -0.1) is 11.8 Å². The predicted octanol–water partition coefficient (Wildman–Crippen LogP) is 2.85. The number of benzene rings is 1. The highest BCUT2D eigenvalue weighted by Crippen LogP contribution is 2.37. The molecule has 1 aromatic rings. The smallest absolute Gasteiger partial charge is 0.326 e. The molecule has 2 atom stereocenters. The lowest BCUT2D eigenvalue weighted by Gasteiger charge is -2.24. The van der Waals surface area contributed by atoms with Gasteiger partial charge < -0.3 is 5.73 Å². The third-order valence-corrected chi connectivity index (χ3v) is 5.24. The van der Waals surface area contributed by atoms with Crippen LogP contribution in [-0.2, 0) is 9.84 Å². The van der Waals surface area contributed by atoms with Crippen molar-refractivity contribution in [2.45, 2.75) is 40.6 Å². The lowest BCUT2D eigenvalue weighted by atomic mass is 10.1. The summed E-state index contributed by atoms with van der Waals surface area (Å²) in [5.74, 6) is 0. The molecule has 2 N–H and O–H groups in total. The van der Waals surface area contributed by atoms with Crippen molar-refractivity contribution in [1.82, 2.24) is 0 Å². The van der Waals surface area contributed by atoms with Crippen molar-refractivity contribution in [2.75, 3.05) is 6.26 Å². The van der Waals surface area contributed by atoms with E-state index in [2.05, 4.69) is 0 Å². The molecule has 1 rings (SSSR count). The predicted molar refractivity (Wildman–Crippen MR) is 73.5 cm³/mol. The first-order chi connectivity index (χ1) is 9.05. The highest BCUT2D eigenvalue weighted by atomic mass is 32.2. The van der Waals surface area contributed by atoms with Crippen LogP contribution in [0.1, 0.15) is 13.3 Å². The number of rotatable bonds is 5. The first-order valence-corrected chi connectivity index (χ1v) is 8.62. The van der Waals surface area contributed by atoms with Crippen LogP contribution in [0.25, 0.3) is 0 Å². The molecule has 0 fully saturated rings. The van der Waals surface area contributed by atoms with Crippen LogP contribution in [0.4, 0.5) is 13.2 Å². The van der Waals surface area contributed by atoms with Crippen molar-refractivity contribution < 1.29 is 21.6 Å². The number of halogens is 3. The van der Waals surface area contributed by atoms with Crippen LogP contribution in [0.2, 0.25) is 0 Å². The summed E-state index contributed by atoms with van der Waals surface area (Å²) in [6.45, 7) is 1.59. The molecule has 0 radical (unpaired) electrons. The Balaban J connectivity index is 2.96. The summed E-state index contributed by atoms with van der Waals surface area (Å²) in [5, 5.41) is -1.71. The van der Waals surface area contributed by atoms with E-state index in [1.54, 1.807) is 6.92 Å². The molecule has 0 aliphatic carbocycles. The first kappa shape index (κ1) is 17.3. The minimum absolute atomic E-state index is 0.0743. The maximum absolute atomic E-state index is 12.9. The molecule has 0 aromatic heterocycles. The Morgan fingerprint density at radius 1 is 1.25 bits per heavy atom. The van der Waals surface area contributed by atoms with Gasteiger partial charge in [0.1, 0.15) is 5.25 Å². The maximum atomic E-state index is 12.9. The fraction of sp³-hybridized carbons (Fsp3) is 0.500. The Hall–Kier alpha value is -0.730. The molecule has 0 saturated carbocycles. The van der Waals surface area contributed by atoms with Crippen LogP contribution >= 0.6 is 11.8 Å². The molecular formula is C12H16F3NO2S2. The van der Waals surface area contributed by atoms with Crippen LogP contribution in [0.15, 0.2) is 34.1 Å². The van der Waals surface area contributed by atoms with Crippen LogP contribution in [0.3, 0.4) is 0 Å². The monoisotopic (exact) mass is 327 g/mol. The average Bonchev–Trinajstić information content (AvgIpc) is 2.33. The summed E-state index contributed by atoms with van der Waals surface area (Å²) in [5.41, 5.74) is 5.51. The van der Waals surface area contributed by atoms with Gasteiger partial charge in [0, 0.05) is 17.2 Å². The molecule has 0 spiro atoms. The number of sulfone groups is 1. The van der Waals surface area contributed by atoms with Gasteiger partial charge in [-0.25, -0.2) is 8.42 Å². The van der Waals surface area contributed by atoms with Crippen molar-refractivity contribution in [1.29, 1.82) is 0 Å². The standard InChI is InChI=1S/C12H16F3NO2S2/c1-3-10(16)11(12(13,14)15)19-8-4-6-9(7-5-8)20(2,17)18/h4-7,10-11H,3,16H2,1-2H3. The van der Waals surface area contributed by atoms with E-state index in [-0.39, 0.29) is 11.3 Å². The van der Waals surface area contributed by atoms with E-state index in [9.17, 15) is 21.6 Å². The van der Waals surface area contributed by atoms with Gasteiger partial charge in [0.15, 0.2) is 9.84 Å². The van der Waals surface area contributed by atoms with Crippen molar-refractivity contribution in [3.63, 3.8) is 0 Å². The van der Waals surface area contributed by atoms with Crippen molar-refractivity contribution in [3.8, 4) is 0 Å². The number of hydrogen-bond donors (Lipinski definition) is 1. The summed E-state index contributed by atoms with van der Waals surface area (Å²) in [4.78, 5) is 0.411. The van der Waals surface area contributed by atoms with E-state index in [1.807, 2.05) is 0 Å². The summed E-state index contributed by atoms with van der Waals surface area (Å²) >= 11 is 0.603. The zero-order chi connectivity index (χ0) is 15.6. The average molecular weight is 327 g/mol. The Bertz CT molecular complexity index is 541. The SMILES string of the molecule is CCC(N)C(Sc1ccc(S(C)(=O)=O)cc1)C(F)(F)F. The molecule has 3 nitrogen and oxygen atoms in total.